The van der Waals surface area contributed by atoms with Crippen LogP contribution in [0.25, 0.3) is 11.1 Å². The Balaban J connectivity index is 1.10. The van der Waals surface area contributed by atoms with Crippen molar-refractivity contribution in [1.82, 2.24) is 9.80 Å². The van der Waals surface area contributed by atoms with Crippen molar-refractivity contribution >= 4 is 27.5 Å². The number of nitrogens with zero attached hydrogens (tertiary/aromatic N) is 3. The van der Waals surface area contributed by atoms with Gasteiger partial charge in [0.25, 0.3) is 11.8 Å². The summed E-state index contributed by atoms with van der Waals surface area (Å²) in [7, 11) is -3.41. The third-order valence-corrected chi connectivity index (χ3v) is 12.6. The highest BCUT2D eigenvalue weighted by Crippen LogP contribution is 2.51. The Labute approximate surface area is 248 Å². The zero-order chi connectivity index (χ0) is 29.1. The maximum Gasteiger partial charge on any atom is 0.254 e. The SMILES string of the molecule is O=C(c1ccc(-c2ccc3c(c2)N(S(=O)(=O)C2CC2)C2(CCCCCCC2)C3)cc1)N1CCN(C(=O)C2(O)CC2)CC1. The lowest BCUT2D eigenvalue weighted by atomic mass is 9.82. The number of hydrogen-bond donors (Lipinski definition) is 1. The number of hydrogen-bond acceptors (Lipinski definition) is 5. The van der Waals surface area contributed by atoms with Crippen LogP contribution < -0.4 is 4.31 Å². The summed E-state index contributed by atoms with van der Waals surface area (Å²) in [6.07, 6.45) is 10.9. The molecule has 3 saturated carbocycles. The van der Waals surface area contributed by atoms with Gasteiger partial charge in [-0.15, -0.1) is 0 Å². The predicted molar refractivity (Wildman–Crippen MR) is 162 cm³/mol. The van der Waals surface area contributed by atoms with Gasteiger partial charge in [0.05, 0.1) is 16.5 Å². The third kappa shape index (κ3) is 4.92. The zero-order valence-corrected chi connectivity index (χ0v) is 25.1. The van der Waals surface area contributed by atoms with Crippen LogP contribution in [0.3, 0.4) is 0 Å². The number of aliphatic hydroxyl groups is 1. The minimum atomic E-state index is -3.41. The molecule has 3 aliphatic carbocycles. The second-order valence-electron chi connectivity index (χ2n) is 13.2. The maximum atomic E-state index is 13.9. The smallest absolute Gasteiger partial charge is 0.254 e. The first-order chi connectivity index (χ1) is 20.2. The summed E-state index contributed by atoms with van der Waals surface area (Å²) in [4.78, 5) is 29.1. The fourth-order valence-electron chi connectivity index (χ4n) is 7.36. The summed E-state index contributed by atoms with van der Waals surface area (Å²) in [5, 5.41) is 9.89. The topological polar surface area (TPSA) is 98.2 Å². The summed E-state index contributed by atoms with van der Waals surface area (Å²) >= 11 is 0. The molecule has 4 fully saturated rings. The fourth-order valence-corrected chi connectivity index (χ4v) is 9.62. The van der Waals surface area contributed by atoms with Gasteiger partial charge >= 0.3 is 0 Å². The highest BCUT2D eigenvalue weighted by atomic mass is 32.2. The number of carbonyl (C=O) groups excluding carboxylic acids is 2. The van der Waals surface area contributed by atoms with Gasteiger partial charge < -0.3 is 14.9 Å². The van der Waals surface area contributed by atoms with E-state index in [-0.39, 0.29) is 22.6 Å². The highest BCUT2D eigenvalue weighted by Gasteiger charge is 2.53. The second kappa shape index (κ2) is 10.4. The average Bonchev–Trinajstić information content (AvgIpc) is 3.92. The molecule has 1 saturated heterocycles. The van der Waals surface area contributed by atoms with Crippen LogP contribution in [0.1, 0.15) is 86.6 Å². The number of amides is 2. The van der Waals surface area contributed by atoms with E-state index in [1.54, 1.807) is 9.80 Å². The van der Waals surface area contributed by atoms with E-state index in [4.69, 9.17) is 0 Å². The quantitative estimate of drug-likeness (QED) is 0.552. The Morgan fingerprint density at radius 3 is 1.98 bits per heavy atom. The van der Waals surface area contributed by atoms with Gasteiger partial charge in [-0.3, -0.25) is 13.9 Å². The molecule has 2 heterocycles. The molecule has 0 radical (unpaired) electrons. The average molecular weight is 592 g/mol. The van der Waals surface area contributed by atoms with Crippen molar-refractivity contribution < 1.29 is 23.1 Å². The molecule has 0 unspecified atom stereocenters. The van der Waals surface area contributed by atoms with Gasteiger partial charge in [-0.2, -0.15) is 0 Å². The van der Waals surface area contributed by atoms with Gasteiger partial charge in [0.1, 0.15) is 5.60 Å². The van der Waals surface area contributed by atoms with Gasteiger partial charge in [0, 0.05) is 31.7 Å². The number of rotatable bonds is 5. The molecule has 8 nitrogen and oxygen atoms in total. The minimum Gasteiger partial charge on any atom is -0.380 e. The molecule has 7 rings (SSSR count). The first-order valence-electron chi connectivity index (χ1n) is 15.8. The Bertz CT molecular complexity index is 1480. The number of benzene rings is 2. The molecule has 9 heteroatoms. The van der Waals surface area contributed by atoms with Crippen LogP contribution in [0.5, 0.6) is 0 Å². The van der Waals surface area contributed by atoms with E-state index in [1.807, 2.05) is 28.6 Å². The summed E-state index contributed by atoms with van der Waals surface area (Å²) in [6.45, 7) is 1.75. The number of piperazine rings is 1. The lowest BCUT2D eigenvalue weighted by Crippen LogP contribution is -2.53. The Kier molecular flexibility index (Phi) is 6.89. The summed E-state index contributed by atoms with van der Waals surface area (Å²) in [5.41, 5.74) is 2.96. The minimum absolute atomic E-state index is 0.0688. The monoisotopic (exact) mass is 591 g/mol. The molecule has 1 spiro atoms. The molecular formula is C33H41N3O5S. The van der Waals surface area contributed by atoms with Crippen LogP contribution in [0, 0.1) is 0 Å². The fraction of sp³-hybridized carbons (Fsp3) is 0.576. The summed E-state index contributed by atoms with van der Waals surface area (Å²) < 4.78 is 29.7. The van der Waals surface area contributed by atoms with Crippen LogP contribution in [0.2, 0.25) is 0 Å². The molecule has 224 valence electrons. The Morgan fingerprint density at radius 1 is 0.762 bits per heavy atom. The van der Waals surface area contributed by atoms with E-state index in [0.717, 1.165) is 67.3 Å². The van der Waals surface area contributed by atoms with E-state index in [2.05, 4.69) is 18.2 Å². The number of sulfonamides is 1. The molecule has 2 amide bonds. The largest absolute Gasteiger partial charge is 0.380 e. The Morgan fingerprint density at radius 2 is 1.36 bits per heavy atom. The van der Waals surface area contributed by atoms with Crippen molar-refractivity contribution in [1.29, 1.82) is 0 Å². The molecule has 5 aliphatic rings. The number of carbonyl (C=O) groups is 2. The van der Waals surface area contributed by atoms with Gasteiger partial charge in [-0.25, -0.2) is 8.42 Å². The summed E-state index contributed by atoms with van der Waals surface area (Å²) in [5.74, 6) is -0.280. The van der Waals surface area contributed by atoms with E-state index >= 15 is 0 Å². The Hall–Kier alpha value is -2.91. The lowest BCUT2D eigenvalue weighted by molar-refractivity contribution is -0.143. The van der Waals surface area contributed by atoms with Crippen molar-refractivity contribution in [2.45, 2.75) is 93.4 Å². The van der Waals surface area contributed by atoms with Gasteiger partial charge in [-0.05, 0) is 79.8 Å². The molecule has 2 aliphatic heterocycles. The van der Waals surface area contributed by atoms with Gasteiger partial charge in [0.2, 0.25) is 10.0 Å². The number of fused-ring (bicyclic) bond motifs is 1. The van der Waals surface area contributed by atoms with Crippen LogP contribution in [-0.4, -0.2) is 77.7 Å². The van der Waals surface area contributed by atoms with Gasteiger partial charge in [-0.1, -0.05) is 56.4 Å². The van der Waals surface area contributed by atoms with Crippen LogP contribution in [0.15, 0.2) is 42.5 Å². The molecule has 0 aromatic heterocycles. The number of anilines is 1. The molecule has 2 aromatic rings. The van der Waals surface area contributed by atoms with E-state index in [0.29, 0.717) is 44.6 Å². The van der Waals surface area contributed by atoms with Crippen molar-refractivity contribution in [2.75, 3.05) is 30.5 Å². The van der Waals surface area contributed by atoms with Crippen molar-refractivity contribution in [3.63, 3.8) is 0 Å². The molecular weight excluding hydrogens is 550 g/mol. The zero-order valence-electron chi connectivity index (χ0n) is 24.3. The van der Waals surface area contributed by atoms with Crippen molar-refractivity contribution in [3.8, 4) is 11.1 Å². The van der Waals surface area contributed by atoms with E-state index < -0.39 is 15.6 Å². The third-order valence-electron chi connectivity index (χ3n) is 10.2. The molecule has 0 atom stereocenters. The van der Waals surface area contributed by atoms with E-state index in [1.165, 1.54) is 19.3 Å². The molecule has 2 aromatic carbocycles. The standard InChI is InChI=1S/C33H41N3O5S/c37-30(34-18-20-35(21-19-34)31(38)33(39)16-17-33)25-8-6-24(7-9-25)26-10-11-27-23-32(14-4-2-1-3-5-15-32)36(29(27)22-26)42(40,41)28-12-13-28/h6-11,22,28,39H,1-5,12-21,23H2. The molecule has 0 bridgehead atoms. The molecule has 42 heavy (non-hydrogen) atoms. The van der Waals surface area contributed by atoms with E-state index in [9.17, 15) is 23.1 Å². The predicted octanol–water partition coefficient (Wildman–Crippen LogP) is 4.50. The van der Waals surface area contributed by atoms with Crippen LogP contribution in [0.4, 0.5) is 5.69 Å². The lowest BCUT2D eigenvalue weighted by Gasteiger charge is -2.41. The highest BCUT2D eigenvalue weighted by molar-refractivity contribution is 7.93. The molecule has 1 N–H and O–H groups in total. The summed E-state index contributed by atoms with van der Waals surface area (Å²) in [6, 6.07) is 13.8. The van der Waals surface area contributed by atoms with Gasteiger partial charge in [0.15, 0.2) is 0 Å². The van der Waals surface area contributed by atoms with Crippen LogP contribution >= 0.6 is 0 Å². The maximum absolute atomic E-state index is 13.9. The normalized spacial score (nSPS) is 23.3. The first-order valence-corrected chi connectivity index (χ1v) is 17.3. The second-order valence-corrected chi connectivity index (χ2v) is 15.3. The van der Waals surface area contributed by atoms with Crippen molar-refractivity contribution in [3.05, 3.63) is 53.6 Å². The van der Waals surface area contributed by atoms with Crippen LogP contribution in [-0.2, 0) is 21.2 Å². The first kappa shape index (κ1) is 27.9. The van der Waals surface area contributed by atoms with Crippen molar-refractivity contribution in [2.24, 2.45) is 0 Å².